The van der Waals surface area contributed by atoms with Gasteiger partial charge in [-0.25, -0.2) is 0 Å². The molecule has 130 valence electrons. The zero-order valence-corrected chi connectivity index (χ0v) is 15.9. The number of thiophene rings is 1. The Kier molecular flexibility index (Phi) is 5.89. The maximum Gasteiger partial charge on any atom is 0.305 e. The number of hydrogen-bond donors (Lipinski definition) is 1. The van der Waals surface area contributed by atoms with Crippen LogP contribution in [0, 0.1) is 11.8 Å². The maximum atomic E-state index is 12.4. The smallest absolute Gasteiger partial charge is 0.305 e. The van der Waals surface area contributed by atoms with Gasteiger partial charge in [-0.05, 0) is 24.3 Å². The summed E-state index contributed by atoms with van der Waals surface area (Å²) < 4.78 is 0.392. The van der Waals surface area contributed by atoms with E-state index in [-0.39, 0.29) is 18.9 Å². The second-order valence-corrected chi connectivity index (χ2v) is 7.95. The van der Waals surface area contributed by atoms with Gasteiger partial charge in [0.05, 0.1) is 11.3 Å². The van der Waals surface area contributed by atoms with Gasteiger partial charge in [-0.2, -0.15) is 0 Å². The Morgan fingerprint density at radius 3 is 2.69 bits per heavy atom. The van der Waals surface area contributed by atoms with E-state index in [1.165, 1.54) is 28.0 Å². The quantitative estimate of drug-likeness (QED) is 0.481. The lowest BCUT2D eigenvalue weighted by atomic mass is 10.2. The second-order valence-electron chi connectivity index (χ2n) is 5.33. The normalized spacial score (nSPS) is 15.2. The Morgan fingerprint density at radius 2 is 1.96 bits per heavy atom. The van der Waals surface area contributed by atoms with Crippen LogP contribution < -0.4 is 0 Å². The molecular formula is C19H13NO3S3. The molecule has 0 saturated carbocycles. The van der Waals surface area contributed by atoms with Gasteiger partial charge in [0.25, 0.3) is 5.91 Å². The molecule has 1 aliphatic rings. The summed E-state index contributed by atoms with van der Waals surface area (Å²) >= 11 is 7.87. The highest BCUT2D eigenvalue weighted by Crippen LogP contribution is 2.33. The van der Waals surface area contributed by atoms with Crippen molar-refractivity contribution in [2.75, 3.05) is 6.54 Å². The van der Waals surface area contributed by atoms with Crippen molar-refractivity contribution in [1.82, 2.24) is 4.90 Å². The molecule has 1 N–H and O–H groups in total. The number of aliphatic carboxylic acids is 1. The minimum atomic E-state index is -0.956. The van der Waals surface area contributed by atoms with E-state index < -0.39 is 5.97 Å². The first-order valence-electron chi connectivity index (χ1n) is 7.66. The summed E-state index contributed by atoms with van der Waals surface area (Å²) in [5, 5.41) is 10.7. The fourth-order valence-corrected chi connectivity index (χ4v) is 4.33. The number of rotatable bonds is 4. The molecule has 1 aliphatic heterocycles. The van der Waals surface area contributed by atoms with Gasteiger partial charge in [0.2, 0.25) is 0 Å². The van der Waals surface area contributed by atoms with Crippen LogP contribution in [0.15, 0.2) is 46.7 Å². The zero-order chi connectivity index (χ0) is 18.5. The second kappa shape index (κ2) is 8.32. The largest absolute Gasteiger partial charge is 0.481 e. The lowest BCUT2D eigenvalue weighted by molar-refractivity contribution is -0.137. The van der Waals surface area contributed by atoms with Crippen LogP contribution in [0.25, 0.3) is 6.08 Å². The highest BCUT2D eigenvalue weighted by atomic mass is 32.2. The lowest BCUT2D eigenvalue weighted by Crippen LogP contribution is -2.30. The third-order valence-electron chi connectivity index (χ3n) is 3.44. The maximum absolute atomic E-state index is 12.4. The molecule has 1 saturated heterocycles. The number of thiocarbonyl (C=S) groups is 1. The SMILES string of the molecule is O=C(O)CCN1C(=O)C(=Cc2cc(C#Cc3ccccc3)cs2)SC1=S. The number of thioether (sulfide) groups is 1. The summed E-state index contributed by atoms with van der Waals surface area (Å²) in [4.78, 5) is 25.8. The molecule has 3 rings (SSSR count). The van der Waals surface area contributed by atoms with Crippen molar-refractivity contribution in [3.05, 3.63) is 62.7 Å². The highest BCUT2D eigenvalue weighted by Gasteiger charge is 2.32. The molecule has 2 aromatic rings. The van der Waals surface area contributed by atoms with Gasteiger partial charge in [-0.1, -0.05) is 54.0 Å². The molecule has 0 bridgehead atoms. The summed E-state index contributed by atoms with van der Waals surface area (Å²) in [6.07, 6.45) is 1.65. The number of carboxylic acid groups (broad SMARTS) is 1. The molecule has 1 aromatic carbocycles. The predicted molar refractivity (Wildman–Crippen MR) is 109 cm³/mol. The van der Waals surface area contributed by atoms with E-state index in [0.717, 1.165) is 16.0 Å². The number of carbonyl (C=O) groups excluding carboxylic acids is 1. The molecule has 1 amide bonds. The average molecular weight is 400 g/mol. The average Bonchev–Trinajstić information content (AvgIpc) is 3.17. The molecule has 7 heteroatoms. The Morgan fingerprint density at radius 1 is 1.23 bits per heavy atom. The standard InChI is InChI=1S/C19H13NO3S3/c21-17(22)8-9-20-18(23)16(26-19(20)24)11-15-10-14(12-25-15)7-6-13-4-2-1-3-5-13/h1-5,10-12H,8-9H2,(H,21,22). The molecular weight excluding hydrogens is 386 g/mol. The van der Waals surface area contributed by atoms with E-state index in [1.807, 2.05) is 41.8 Å². The van der Waals surface area contributed by atoms with Crippen molar-refractivity contribution >= 4 is 57.6 Å². The van der Waals surface area contributed by atoms with Crippen LogP contribution in [0.3, 0.4) is 0 Å². The summed E-state index contributed by atoms with van der Waals surface area (Å²) in [6.45, 7) is 0.0928. The Balaban J connectivity index is 1.72. The number of carbonyl (C=O) groups is 2. The summed E-state index contributed by atoms with van der Waals surface area (Å²) in [5.74, 6) is 5.00. The third kappa shape index (κ3) is 4.61. The van der Waals surface area contributed by atoms with E-state index >= 15 is 0 Å². The fraction of sp³-hybridized carbons (Fsp3) is 0.105. The van der Waals surface area contributed by atoms with Crippen LogP contribution >= 0.6 is 35.3 Å². The summed E-state index contributed by atoms with van der Waals surface area (Å²) in [5.41, 5.74) is 1.83. The van der Waals surface area contributed by atoms with Crippen molar-refractivity contribution in [1.29, 1.82) is 0 Å². The van der Waals surface area contributed by atoms with E-state index in [2.05, 4.69) is 11.8 Å². The first-order chi connectivity index (χ1) is 12.5. The highest BCUT2D eigenvalue weighted by molar-refractivity contribution is 8.26. The van der Waals surface area contributed by atoms with Crippen molar-refractivity contribution in [3.8, 4) is 11.8 Å². The molecule has 1 aromatic heterocycles. The van der Waals surface area contributed by atoms with Crippen LogP contribution in [0.5, 0.6) is 0 Å². The number of amides is 1. The number of hydrogen-bond acceptors (Lipinski definition) is 5. The molecule has 1 fully saturated rings. The van der Waals surface area contributed by atoms with Crippen molar-refractivity contribution < 1.29 is 14.7 Å². The van der Waals surface area contributed by atoms with Crippen LogP contribution in [0.2, 0.25) is 0 Å². The van der Waals surface area contributed by atoms with Gasteiger partial charge in [0.15, 0.2) is 0 Å². The van der Waals surface area contributed by atoms with Crippen LogP contribution in [0.4, 0.5) is 0 Å². The topological polar surface area (TPSA) is 57.6 Å². The monoisotopic (exact) mass is 399 g/mol. The number of nitrogens with zero attached hydrogens (tertiary/aromatic N) is 1. The van der Waals surface area contributed by atoms with Gasteiger partial charge in [-0.15, -0.1) is 11.3 Å². The minimum Gasteiger partial charge on any atom is -0.481 e. The third-order valence-corrected chi connectivity index (χ3v) is 5.70. The van der Waals surface area contributed by atoms with Crippen molar-refractivity contribution in [3.63, 3.8) is 0 Å². The van der Waals surface area contributed by atoms with Gasteiger partial charge in [0, 0.05) is 27.9 Å². The molecule has 0 radical (unpaired) electrons. The Hall–Kier alpha value is -2.40. The lowest BCUT2D eigenvalue weighted by Gasteiger charge is -2.12. The fourth-order valence-electron chi connectivity index (χ4n) is 2.19. The van der Waals surface area contributed by atoms with Crippen LogP contribution in [-0.2, 0) is 9.59 Å². The molecule has 26 heavy (non-hydrogen) atoms. The molecule has 0 atom stereocenters. The summed E-state index contributed by atoms with van der Waals surface area (Å²) in [6, 6.07) is 11.6. The van der Waals surface area contributed by atoms with E-state index in [1.54, 1.807) is 6.08 Å². The minimum absolute atomic E-state index is 0.0928. The molecule has 4 nitrogen and oxygen atoms in total. The Labute approximate surface area is 164 Å². The van der Waals surface area contributed by atoms with Gasteiger partial charge in [0.1, 0.15) is 4.32 Å². The van der Waals surface area contributed by atoms with Crippen molar-refractivity contribution in [2.24, 2.45) is 0 Å². The van der Waals surface area contributed by atoms with Gasteiger partial charge >= 0.3 is 5.97 Å². The molecule has 2 heterocycles. The van der Waals surface area contributed by atoms with Gasteiger partial charge < -0.3 is 5.11 Å². The molecule has 0 unspecified atom stereocenters. The van der Waals surface area contributed by atoms with Crippen LogP contribution in [0.1, 0.15) is 22.4 Å². The first kappa shape index (κ1) is 18.4. The predicted octanol–water partition coefficient (Wildman–Crippen LogP) is 3.82. The van der Waals surface area contributed by atoms with E-state index in [0.29, 0.717) is 9.23 Å². The number of benzene rings is 1. The zero-order valence-electron chi connectivity index (χ0n) is 13.5. The summed E-state index contributed by atoms with van der Waals surface area (Å²) in [7, 11) is 0. The first-order valence-corrected chi connectivity index (χ1v) is 9.76. The molecule has 0 spiro atoms. The molecule has 0 aliphatic carbocycles. The van der Waals surface area contributed by atoms with E-state index in [4.69, 9.17) is 17.3 Å². The Bertz CT molecular complexity index is 951. The van der Waals surface area contributed by atoms with E-state index in [9.17, 15) is 9.59 Å². The number of carboxylic acids is 1. The van der Waals surface area contributed by atoms with Crippen molar-refractivity contribution in [2.45, 2.75) is 6.42 Å². The van der Waals surface area contributed by atoms with Gasteiger partial charge in [-0.3, -0.25) is 14.5 Å². The van der Waals surface area contributed by atoms with Crippen LogP contribution in [-0.4, -0.2) is 32.7 Å².